The van der Waals surface area contributed by atoms with E-state index in [2.05, 4.69) is 17.1 Å². The van der Waals surface area contributed by atoms with Crippen molar-refractivity contribution < 1.29 is 4.74 Å². The van der Waals surface area contributed by atoms with Gasteiger partial charge in [-0.1, -0.05) is 0 Å². The molecule has 3 heteroatoms. The molecule has 1 heterocycles. The molecule has 0 aliphatic carbocycles. The molecule has 3 nitrogen and oxygen atoms in total. The van der Waals surface area contributed by atoms with Crippen molar-refractivity contribution in [2.45, 2.75) is 27.4 Å². The number of nitrogens with zero attached hydrogens (tertiary/aromatic N) is 2. The Bertz CT molecular complexity index is 618. The summed E-state index contributed by atoms with van der Waals surface area (Å²) in [5.74, 6) is 0.848. The number of hydrogen-bond donors (Lipinski definition) is 0. The molecule has 0 spiro atoms. The third-order valence-corrected chi connectivity index (χ3v) is 2.90. The lowest BCUT2D eigenvalue weighted by Gasteiger charge is -2.12. The van der Waals surface area contributed by atoms with Gasteiger partial charge in [-0.25, -0.2) is 0 Å². The zero-order valence-electron chi connectivity index (χ0n) is 11.4. The number of ether oxygens (including phenoxy) is 1. The van der Waals surface area contributed by atoms with Crippen LogP contribution in [0.25, 0.3) is 0 Å². The van der Waals surface area contributed by atoms with E-state index in [1.165, 1.54) is 0 Å². The highest BCUT2D eigenvalue weighted by Crippen LogP contribution is 2.25. The Morgan fingerprint density at radius 2 is 1.79 bits per heavy atom. The normalized spacial score (nSPS) is 10.0. The largest absolute Gasteiger partial charge is 0.488 e. The first-order valence-electron chi connectivity index (χ1n) is 6.15. The van der Waals surface area contributed by atoms with Crippen LogP contribution in [-0.4, -0.2) is 4.98 Å². The Balaban J connectivity index is 2.18. The fourth-order valence-electron chi connectivity index (χ4n) is 2.09. The topological polar surface area (TPSA) is 45.9 Å². The maximum Gasteiger partial charge on any atom is 0.125 e. The summed E-state index contributed by atoms with van der Waals surface area (Å²) in [4.78, 5) is 4.15. The van der Waals surface area contributed by atoms with Crippen LogP contribution in [0.4, 0.5) is 0 Å². The third-order valence-electron chi connectivity index (χ3n) is 2.90. The summed E-state index contributed by atoms with van der Waals surface area (Å²) in [6.45, 7) is 6.41. The Morgan fingerprint density at radius 1 is 1.11 bits per heavy atom. The zero-order valence-corrected chi connectivity index (χ0v) is 11.4. The van der Waals surface area contributed by atoms with Crippen LogP contribution in [0.1, 0.15) is 27.8 Å². The molecule has 0 saturated heterocycles. The van der Waals surface area contributed by atoms with E-state index < -0.39 is 0 Å². The molecular formula is C16H16N2O. The second-order valence-corrected chi connectivity index (χ2v) is 4.71. The van der Waals surface area contributed by atoms with Crippen molar-refractivity contribution in [3.05, 3.63) is 58.4 Å². The van der Waals surface area contributed by atoms with E-state index in [9.17, 15) is 0 Å². The van der Waals surface area contributed by atoms with E-state index in [-0.39, 0.29) is 0 Å². The molecule has 0 radical (unpaired) electrons. The molecule has 1 aromatic heterocycles. The van der Waals surface area contributed by atoms with E-state index in [0.717, 1.165) is 28.0 Å². The quantitative estimate of drug-likeness (QED) is 0.840. The van der Waals surface area contributed by atoms with Gasteiger partial charge in [0.2, 0.25) is 0 Å². The van der Waals surface area contributed by atoms with Gasteiger partial charge in [-0.05, 0) is 55.7 Å². The van der Waals surface area contributed by atoms with Gasteiger partial charge in [0, 0.05) is 18.0 Å². The van der Waals surface area contributed by atoms with Crippen molar-refractivity contribution in [2.75, 3.05) is 0 Å². The minimum absolute atomic E-state index is 0.488. The highest BCUT2D eigenvalue weighted by atomic mass is 16.5. The highest BCUT2D eigenvalue weighted by molar-refractivity contribution is 5.47. The van der Waals surface area contributed by atoms with Gasteiger partial charge in [-0.3, -0.25) is 4.98 Å². The molecule has 0 N–H and O–H groups in total. The summed E-state index contributed by atoms with van der Waals surface area (Å²) in [5, 5.41) is 8.92. The average molecular weight is 252 g/mol. The molecule has 2 aromatic rings. The van der Waals surface area contributed by atoms with Crippen LogP contribution in [0.3, 0.4) is 0 Å². The summed E-state index contributed by atoms with van der Waals surface area (Å²) in [6, 6.07) is 7.90. The summed E-state index contributed by atoms with van der Waals surface area (Å²) < 4.78 is 5.86. The number of aromatic nitrogens is 1. The van der Waals surface area contributed by atoms with Gasteiger partial charge < -0.3 is 4.74 Å². The molecular weight excluding hydrogens is 236 g/mol. The smallest absolute Gasteiger partial charge is 0.125 e. The van der Waals surface area contributed by atoms with Crippen molar-refractivity contribution in [1.29, 1.82) is 5.26 Å². The molecule has 96 valence electrons. The number of rotatable bonds is 3. The number of aryl methyl sites for hydroxylation is 3. The molecule has 0 fully saturated rings. The Kier molecular flexibility index (Phi) is 3.82. The minimum Gasteiger partial charge on any atom is -0.488 e. The van der Waals surface area contributed by atoms with Gasteiger partial charge in [0.1, 0.15) is 12.4 Å². The minimum atomic E-state index is 0.488. The summed E-state index contributed by atoms with van der Waals surface area (Å²) in [5.41, 5.74) is 4.80. The van der Waals surface area contributed by atoms with Gasteiger partial charge in [0.25, 0.3) is 0 Å². The Morgan fingerprint density at radius 3 is 2.37 bits per heavy atom. The van der Waals surface area contributed by atoms with E-state index in [0.29, 0.717) is 12.2 Å². The van der Waals surface area contributed by atoms with Gasteiger partial charge in [-0.15, -0.1) is 0 Å². The summed E-state index contributed by atoms with van der Waals surface area (Å²) in [6.07, 6.45) is 3.63. The lowest BCUT2D eigenvalue weighted by molar-refractivity contribution is 0.301. The number of nitriles is 1. The number of pyridine rings is 1. The van der Waals surface area contributed by atoms with E-state index in [4.69, 9.17) is 10.00 Å². The van der Waals surface area contributed by atoms with Crippen molar-refractivity contribution in [3.63, 3.8) is 0 Å². The molecule has 0 unspecified atom stereocenters. The lowest BCUT2D eigenvalue weighted by atomic mass is 10.1. The monoisotopic (exact) mass is 252 g/mol. The summed E-state index contributed by atoms with van der Waals surface area (Å²) >= 11 is 0. The highest BCUT2D eigenvalue weighted by Gasteiger charge is 2.07. The maximum absolute atomic E-state index is 8.92. The molecule has 0 amide bonds. The van der Waals surface area contributed by atoms with Crippen LogP contribution in [0, 0.1) is 32.1 Å². The van der Waals surface area contributed by atoms with E-state index in [1.54, 1.807) is 6.20 Å². The number of hydrogen-bond acceptors (Lipinski definition) is 3. The molecule has 0 atom stereocenters. The first-order chi connectivity index (χ1) is 9.10. The van der Waals surface area contributed by atoms with Gasteiger partial charge in [-0.2, -0.15) is 5.26 Å². The second-order valence-electron chi connectivity index (χ2n) is 4.71. The first-order valence-corrected chi connectivity index (χ1v) is 6.15. The summed E-state index contributed by atoms with van der Waals surface area (Å²) in [7, 11) is 0. The standard InChI is InChI=1S/C16H16N2O/c1-11-4-15(9-18-8-11)10-19-16-12(2)5-14(7-17)6-13(16)3/h4-6,8-9H,10H2,1-3H3. The zero-order chi connectivity index (χ0) is 13.8. The van der Waals surface area contributed by atoms with Crippen molar-refractivity contribution in [1.82, 2.24) is 4.98 Å². The van der Waals surface area contributed by atoms with Crippen LogP contribution in [0.15, 0.2) is 30.6 Å². The van der Waals surface area contributed by atoms with Gasteiger partial charge in [0.15, 0.2) is 0 Å². The Hall–Kier alpha value is -2.34. The van der Waals surface area contributed by atoms with Crippen LogP contribution < -0.4 is 4.74 Å². The first kappa shape index (κ1) is 13.1. The molecule has 1 aromatic carbocycles. The Labute approximate surface area is 113 Å². The van der Waals surface area contributed by atoms with Crippen LogP contribution >= 0.6 is 0 Å². The average Bonchev–Trinajstić information content (AvgIpc) is 2.37. The lowest BCUT2D eigenvalue weighted by Crippen LogP contribution is -2.00. The second kappa shape index (κ2) is 5.53. The van der Waals surface area contributed by atoms with E-state index in [1.807, 2.05) is 39.1 Å². The third kappa shape index (κ3) is 3.11. The maximum atomic E-state index is 8.92. The predicted octanol–water partition coefficient (Wildman–Crippen LogP) is 3.46. The van der Waals surface area contributed by atoms with Crippen LogP contribution in [0.5, 0.6) is 5.75 Å². The molecule has 0 saturated carbocycles. The van der Waals surface area contributed by atoms with Crippen LogP contribution in [0.2, 0.25) is 0 Å². The molecule has 0 aliphatic rings. The molecule has 0 aliphatic heterocycles. The molecule has 2 rings (SSSR count). The predicted molar refractivity (Wildman–Crippen MR) is 73.9 cm³/mol. The van der Waals surface area contributed by atoms with Crippen LogP contribution in [-0.2, 0) is 6.61 Å². The fraction of sp³-hybridized carbons (Fsp3) is 0.250. The van der Waals surface area contributed by atoms with E-state index >= 15 is 0 Å². The SMILES string of the molecule is Cc1cncc(COc2c(C)cc(C#N)cc2C)c1. The van der Waals surface area contributed by atoms with Crippen molar-refractivity contribution >= 4 is 0 Å². The molecule has 0 bridgehead atoms. The van der Waals surface area contributed by atoms with Gasteiger partial charge in [0.05, 0.1) is 11.6 Å². The fourth-order valence-corrected chi connectivity index (χ4v) is 2.09. The number of benzene rings is 1. The van der Waals surface area contributed by atoms with Crippen molar-refractivity contribution in [2.24, 2.45) is 0 Å². The van der Waals surface area contributed by atoms with Gasteiger partial charge >= 0.3 is 0 Å². The molecule has 19 heavy (non-hydrogen) atoms. The van der Waals surface area contributed by atoms with Crippen molar-refractivity contribution in [3.8, 4) is 11.8 Å².